The first-order chi connectivity index (χ1) is 8.97. The quantitative estimate of drug-likeness (QED) is 0.752. The fourth-order valence-corrected chi connectivity index (χ4v) is 1.71. The number of aromatic hydroxyl groups is 2. The summed E-state index contributed by atoms with van der Waals surface area (Å²) >= 11 is 0. The third-order valence-electron chi connectivity index (χ3n) is 2.85. The van der Waals surface area contributed by atoms with Crippen LogP contribution in [0.25, 0.3) is 6.08 Å². The fraction of sp³-hybridized carbons (Fsp3) is 0.214. The van der Waals surface area contributed by atoms with E-state index in [1.807, 2.05) is 13.0 Å². The molecule has 1 aliphatic carbocycles. The summed E-state index contributed by atoms with van der Waals surface area (Å²) in [6.07, 6.45) is 8.00. The van der Waals surface area contributed by atoms with Gasteiger partial charge in [-0.15, -0.1) is 0 Å². The highest BCUT2D eigenvalue weighted by atomic mass is 16.4. The van der Waals surface area contributed by atoms with E-state index in [1.54, 1.807) is 18.2 Å². The van der Waals surface area contributed by atoms with Crippen LogP contribution in [0, 0.1) is 5.92 Å². The highest BCUT2D eigenvalue weighted by molar-refractivity contribution is 5.53. The summed E-state index contributed by atoms with van der Waals surface area (Å²) in [5.41, 5.74) is -0.135. The van der Waals surface area contributed by atoms with Gasteiger partial charge in [0.1, 0.15) is 5.76 Å². The van der Waals surface area contributed by atoms with E-state index in [0.29, 0.717) is 0 Å². The van der Waals surface area contributed by atoms with Gasteiger partial charge >= 0.3 is 5.63 Å². The van der Waals surface area contributed by atoms with Crippen LogP contribution < -0.4 is 5.63 Å². The van der Waals surface area contributed by atoms with Gasteiger partial charge in [-0.3, -0.25) is 0 Å². The molecule has 2 unspecified atom stereocenters. The van der Waals surface area contributed by atoms with Crippen molar-refractivity contribution in [2.45, 2.75) is 13.0 Å². The summed E-state index contributed by atoms with van der Waals surface area (Å²) in [6, 6.07) is 1.15. The molecule has 1 heterocycles. The highest BCUT2D eigenvalue weighted by Crippen LogP contribution is 2.22. The lowest BCUT2D eigenvalue weighted by molar-refractivity contribution is 0.183. The van der Waals surface area contributed by atoms with Crippen LogP contribution in [0.3, 0.4) is 0 Å². The molecule has 100 valence electrons. The lowest BCUT2D eigenvalue weighted by Crippen LogP contribution is -2.15. The average molecular weight is 262 g/mol. The molecule has 0 radical (unpaired) electrons. The molecule has 5 heteroatoms. The Balaban J connectivity index is 2.23. The number of allylic oxidation sites excluding steroid dienone is 3. The van der Waals surface area contributed by atoms with Crippen LogP contribution in [0.15, 0.2) is 45.2 Å². The predicted octanol–water partition coefficient (Wildman–Crippen LogP) is 1.56. The Kier molecular flexibility index (Phi) is 3.57. The average Bonchev–Trinajstić information content (AvgIpc) is 2.37. The summed E-state index contributed by atoms with van der Waals surface area (Å²) in [5.74, 6) is -1.18. The van der Waals surface area contributed by atoms with E-state index in [4.69, 9.17) is 9.52 Å². The summed E-state index contributed by atoms with van der Waals surface area (Å²) < 4.78 is 4.77. The van der Waals surface area contributed by atoms with Crippen LogP contribution >= 0.6 is 0 Å². The first-order valence-corrected chi connectivity index (χ1v) is 5.79. The normalized spacial score (nSPS) is 22.7. The minimum Gasteiger partial charge on any atom is -0.504 e. The van der Waals surface area contributed by atoms with Crippen LogP contribution in [-0.2, 0) is 0 Å². The molecule has 0 saturated heterocycles. The number of hydrogen-bond acceptors (Lipinski definition) is 5. The zero-order valence-electron chi connectivity index (χ0n) is 10.3. The number of aliphatic hydroxyl groups excluding tert-OH is 1. The lowest BCUT2D eigenvalue weighted by Gasteiger charge is -2.16. The second-order valence-electron chi connectivity index (χ2n) is 4.38. The van der Waals surface area contributed by atoms with Gasteiger partial charge in [-0.1, -0.05) is 31.2 Å². The monoisotopic (exact) mass is 262 g/mol. The molecule has 0 bridgehead atoms. The Hall–Kier alpha value is -2.27. The van der Waals surface area contributed by atoms with E-state index >= 15 is 0 Å². The van der Waals surface area contributed by atoms with Gasteiger partial charge in [-0.05, 0) is 11.6 Å². The predicted molar refractivity (Wildman–Crippen MR) is 69.7 cm³/mol. The van der Waals surface area contributed by atoms with Gasteiger partial charge < -0.3 is 19.7 Å². The molecule has 0 aromatic carbocycles. The van der Waals surface area contributed by atoms with Crippen molar-refractivity contribution in [3.63, 3.8) is 0 Å². The van der Waals surface area contributed by atoms with E-state index in [-0.39, 0.29) is 11.7 Å². The first-order valence-electron chi connectivity index (χ1n) is 5.79. The molecular weight excluding hydrogens is 248 g/mol. The van der Waals surface area contributed by atoms with Crippen LogP contribution in [-0.4, -0.2) is 21.4 Å². The van der Waals surface area contributed by atoms with Crippen LogP contribution in [0.5, 0.6) is 11.5 Å². The molecule has 19 heavy (non-hydrogen) atoms. The van der Waals surface area contributed by atoms with Gasteiger partial charge in [0.05, 0.1) is 6.10 Å². The first kappa shape index (κ1) is 13.2. The second kappa shape index (κ2) is 5.16. The Morgan fingerprint density at radius 3 is 2.68 bits per heavy atom. The van der Waals surface area contributed by atoms with Crippen LogP contribution in [0.4, 0.5) is 0 Å². The van der Waals surface area contributed by atoms with Crippen molar-refractivity contribution in [2.24, 2.45) is 5.92 Å². The van der Waals surface area contributed by atoms with E-state index < -0.39 is 23.2 Å². The van der Waals surface area contributed by atoms with Gasteiger partial charge in [-0.2, -0.15) is 0 Å². The van der Waals surface area contributed by atoms with E-state index in [0.717, 1.165) is 11.6 Å². The molecule has 5 nitrogen and oxygen atoms in total. The standard InChI is InChI=1S/C14H14O5/c1-8-6-9(3-5-11(8)15)2-4-10-7-12(16)13(17)14(18)19-10/h2-8,11,15-17H,1H3/b4-2-. The molecule has 0 fully saturated rings. The molecular formula is C14H14O5. The Morgan fingerprint density at radius 1 is 1.32 bits per heavy atom. The number of aliphatic hydroxyl groups is 1. The Labute approximate surface area is 109 Å². The number of hydrogen-bond donors (Lipinski definition) is 3. The molecule has 1 aliphatic rings. The van der Waals surface area contributed by atoms with Crippen LogP contribution in [0.1, 0.15) is 12.7 Å². The topological polar surface area (TPSA) is 90.9 Å². The maximum Gasteiger partial charge on any atom is 0.382 e. The fourth-order valence-electron chi connectivity index (χ4n) is 1.71. The highest BCUT2D eigenvalue weighted by Gasteiger charge is 2.12. The summed E-state index contributed by atoms with van der Waals surface area (Å²) in [7, 11) is 0. The third-order valence-corrected chi connectivity index (χ3v) is 2.85. The summed E-state index contributed by atoms with van der Waals surface area (Å²) in [4.78, 5) is 11.1. The van der Waals surface area contributed by atoms with Crippen molar-refractivity contribution in [3.8, 4) is 11.5 Å². The SMILES string of the molecule is CC1C=C(/C=C\c2cc(O)c(O)c(=O)o2)C=CC1O. The molecule has 1 aromatic heterocycles. The second-order valence-corrected chi connectivity index (χ2v) is 4.38. The Bertz CT molecular complexity index is 621. The molecule has 0 aliphatic heterocycles. The zero-order chi connectivity index (χ0) is 14.0. The molecule has 0 saturated carbocycles. The lowest BCUT2D eigenvalue weighted by atomic mass is 9.95. The van der Waals surface area contributed by atoms with Crippen molar-refractivity contribution < 1.29 is 19.7 Å². The van der Waals surface area contributed by atoms with Crippen molar-refractivity contribution in [1.82, 2.24) is 0 Å². The van der Waals surface area contributed by atoms with Crippen molar-refractivity contribution in [2.75, 3.05) is 0 Å². The summed E-state index contributed by atoms with van der Waals surface area (Å²) in [5, 5.41) is 27.9. The van der Waals surface area contributed by atoms with Crippen molar-refractivity contribution in [3.05, 3.63) is 52.1 Å². The van der Waals surface area contributed by atoms with E-state index in [2.05, 4.69) is 0 Å². The zero-order valence-corrected chi connectivity index (χ0v) is 10.3. The maximum absolute atomic E-state index is 11.1. The minimum atomic E-state index is -0.989. The minimum absolute atomic E-state index is 0.00452. The summed E-state index contributed by atoms with van der Waals surface area (Å²) in [6.45, 7) is 1.88. The molecule has 0 amide bonds. The molecule has 2 rings (SSSR count). The smallest absolute Gasteiger partial charge is 0.382 e. The van der Waals surface area contributed by atoms with Crippen LogP contribution in [0.2, 0.25) is 0 Å². The van der Waals surface area contributed by atoms with Gasteiger partial charge in [0, 0.05) is 12.0 Å². The van der Waals surface area contributed by atoms with Gasteiger partial charge in [0.15, 0.2) is 5.75 Å². The van der Waals surface area contributed by atoms with Gasteiger partial charge in [0.25, 0.3) is 0 Å². The Morgan fingerprint density at radius 2 is 2.05 bits per heavy atom. The molecule has 0 spiro atoms. The van der Waals surface area contributed by atoms with Crippen molar-refractivity contribution >= 4 is 6.08 Å². The van der Waals surface area contributed by atoms with Crippen molar-refractivity contribution in [1.29, 1.82) is 0 Å². The largest absolute Gasteiger partial charge is 0.504 e. The molecule has 2 atom stereocenters. The molecule has 3 N–H and O–H groups in total. The number of rotatable bonds is 2. The van der Waals surface area contributed by atoms with Gasteiger partial charge in [0.2, 0.25) is 5.75 Å². The van der Waals surface area contributed by atoms with Gasteiger partial charge in [-0.25, -0.2) is 4.79 Å². The molecule has 1 aromatic rings. The third kappa shape index (κ3) is 2.95. The van der Waals surface area contributed by atoms with E-state index in [9.17, 15) is 15.0 Å². The maximum atomic E-state index is 11.1. The van der Waals surface area contributed by atoms with E-state index in [1.165, 1.54) is 6.08 Å².